The van der Waals surface area contributed by atoms with Crippen molar-refractivity contribution < 1.29 is 4.79 Å². The second kappa shape index (κ2) is 6.35. The van der Waals surface area contributed by atoms with Crippen molar-refractivity contribution in [2.24, 2.45) is 0 Å². The molecule has 1 heterocycles. The van der Waals surface area contributed by atoms with Crippen molar-refractivity contribution in [2.45, 2.75) is 30.0 Å². The van der Waals surface area contributed by atoms with Crippen molar-refractivity contribution in [3.8, 4) is 0 Å². The molecule has 2 nitrogen and oxygen atoms in total. The molecule has 0 bridgehead atoms. The van der Waals surface area contributed by atoms with Crippen molar-refractivity contribution in [1.29, 1.82) is 0 Å². The van der Waals surface area contributed by atoms with Gasteiger partial charge in [0, 0.05) is 18.0 Å². The lowest BCUT2D eigenvalue weighted by Gasteiger charge is -2.30. The summed E-state index contributed by atoms with van der Waals surface area (Å²) in [5, 5.41) is -0.0438. The Morgan fingerprint density at radius 2 is 1.71 bits per heavy atom. The van der Waals surface area contributed by atoms with Crippen LogP contribution in [0.5, 0.6) is 0 Å². The van der Waals surface area contributed by atoms with Crippen molar-refractivity contribution in [3.05, 3.63) is 65.7 Å². The maximum atomic E-state index is 12.6. The van der Waals surface area contributed by atoms with Crippen LogP contribution in [-0.4, -0.2) is 22.6 Å². The summed E-state index contributed by atoms with van der Waals surface area (Å²) in [6, 6.07) is 18.5. The van der Waals surface area contributed by atoms with E-state index < -0.39 is 0 Å². The third-order valence-corrected chi connectivity index (χ3v) is 4.95. The lowest BCUT2D eigenvalue weighted by Crippen LogP contribution is -2.40. The number of amides is 1. The summed E-state index contributed by atoms with van der Waals surface area (Å²) in [6.45, 7) is 3.57. The molecule has 2 aromatic rings. The van der Waals surface area contributed by atoms with Crippen LogP contribution in [0.1, 0.15) is 18.1 Å². The molecule has 21 heavy (non-hydrogen) atoms. The first-order valence-corrected chi connectivity index (χ1v) is 8.19. The molecule has 1 aliphatic rings. The zero-order valence-corrected chi connectivity index (χ0v) is 13.0. The third-order valence-electron chi connectivity index (χ3n) is 3.85. The standard InChI is InChI=1S/C18H19NOS/c1-14(21-17-9-3-2-4-10-17)18(20)19-12-11-15-7-5-6-8-16(15)13-19/h2-10,14H,11-13H2,1H3. The molecule has 0 radical (unpaired) electrons. The Kier molecular flexibility index (Phi) is 4.30. The van der Waals surface area contributed by atoms with Gasteiger partial charge in [0.2, 0.25) is 5.91 Å². The molecule has 0 aliphatic carbocycles. The molecule has 3 heteroatoms. The van der Waals surface area contributed by atoms with E-state index in [-0.39, 0.29) is 11.2 Å². The summed E-state index contributed by atoms with van der Waals surface area (Å²) in [6.07, 6.45) is 0.963. The normalized spacial score (nSPS) is 15.4. The van der Waals surface area contributed by atoms with Gasteiger partial charge < -0.3 is 4.90 Å². The molecule has 2 aromatic carbocycles. The van der Waals surface area contributed by atoms with Gasteiger partial charge in [-0.3, -0.25) is 4.79 Å². The van der Waals surface area contributed by atoms with Crippen LogP contribution in [0.2, 0.25) is 0 Å². The molecule has 0 spiro atoms. The van der Waals surface area contributed by atoms with E-state index in [0.29, 0.717) is 0 Å². The number of hydrogen-bond acceptors (Lipinski definition) is 2. The van der Waals surface area contributed by atoms with E-state index in [0.717, 1.165) is 24.4 Å². The lowest BCUT2D eigenvalue weighted by atomic mass is 10.00. The van der Waals surface area contributed by atoms with E-state index in [1.165, 1.54) is 11.1 Å². The van der Waals surface area contributed by atoms with Crippen molar-refractivity contribution in [1.82, 2.24) is 4.90 Å². The Bertz CT molecular complexity index is 626. The predicted molar refractivity (Wildman–Crippen MR) is 87.3 cm³/mol. The maximum Gasteiger partial charge on any atom is 0.236 e. The van der Waals surface area contributed by atoms with Crippen molar-refractivity contribution in [2.75, 3.05) is 6.54 Å². The van der Waals surface area contributed by atoms with E-state index in [1.807, 2.05) is 30.0 Å². The molecule has 3 rings (SSSR count). The quantitative estimate of drug-likeness (QED) is 0.804. The van der Waals surface area contributed by atoms with Gasteiger partial charge in [0.1, 0.15) is 0 Å². The molecule has 0 aromatic heterocycles. The minimum atomic E-state index is -0.0438. The minimum absolute atomic E-state index is 0.0438. The smallest absolute Gasteiger partial charge is 0.236 e. The Labute approximate surface area is 130 Å². The van der Waals surface area contributed by atoms with Gasteiger partial charge in [0.05, 0.1) is 5.25 Å². The van der Waals surface area contributed by atoms with Gasteiger partial charge in [-0.05, 0) is 36.6 Å². The van der Waals surface area contributed by atoms with Crippen LogP contribution in [0.4, 0.5) is 0 Å². The first kappa shape index (κ1) is 14.2. The van der Waals surface area contributed by atoms with Gasteiger partial charge in [-0.1, -0.05) is 42.5 Å². The maximum absolute atomic E-state index is 12.6. The first-order valence-electron chi connectivity index (χ1n) is 7.31. The van der Waals surface area contributed by atoms with Crippen molar-refractivity contribution >= 4 is 17.7 Å². The van der Waals surface area contributed by atoms with Crippen LogP contribution in [0, 0.1) is 0 Å². The molecule has 0 saturated heterocycles. The van der Waals surface area contributed by atoms with Crippen LogP contribution in [0.15, 0.2) is 59.5 Å². The average Bonchev–Trinajstić information content (AvgIpc) is 2.54. The minimum Gasteiger partial charge on any atom is -0.337 e. The molecule has 0 N–H and O–H groups in total. The van der Waals surface area contributed by atoms with Crippen LogP contribution in [-0.2, 0) is 17.8 Å². The Balaban J connectivity index is 1.66. The van der Waals surface area contributed by atoms with Crippen LogP contribution in [0.25, 0.3) is 0 Å². The summed E-state index contributed by atoms with van der Waals surface area (Å²) in [5.74, 6) is 0.235. The second-order valence-corrected chi connectivity index (χ2v) is 6.77. The van der Waals surface area contributed by atoms with Crippen LogP contribution < -0.4 is 0 Å². The molecule has 0 fully saturated rings. The Morgan fingerprint density at radius 3 is 2.48 bits per heavy atom. The fourth-order valence-corrected chi connectivity index (χ4v) is 3.67. The molecule has 1 unspecified atom stereocenters. The van der Waals surface area contributed by atoms with E-state index in [9.17, 15) is 4.79 Å². The number of carbonyl (C=O) groups is 1. The molecule has 1 atom stereocenters. The monoisotopic (exact) mass is 297 g/mol. The number of rotatable bonds is 3. The fraction of sp³-hybridized carbons (Fsp3) is 0.278. The number of benzene rings is 2. The van der Waals surface area contributed by atoms with Gasteiger partial charge in [-0.15, -0.1) is 11.8 Å². The molecule has 0 saturated carbocycles. The van der Waals surface area contributed by atoms with Crippen molar-refractivity contribution in [3.63, 3.8) is 0 Å². The second-order valence-electron chi connectivity index (χ2n) is 5.35. The Hall–Kier alpha value is -1.74. The highest BCUT2D eigenvalue weighted by atomic mass is 32.2. The largest absolute Gasteiger partial charge is 0.337 e. The molecule has 108 valence electrons. The highest BCUT2D eigenvalue weighted by Gasteiger charge is 2.24. The van der Waals surface area contributed by atoms with E-state index in [4.69, 9.17) is 0 Å². The highest BCUT2D eigenvalue weighted by molar-refractivity contribution is 8.00. The average molecular weight is 297 g/mol. The molecular weight excluding hydrogens is 278 g/mol. The number of thioether (sulfide) groups is 1. The SMILES string of the molecule is CC(Sc1ccccc1)C(=O)N1CCc2ccccc2C1. The van der Waals surface area contributed by atoms with E-state index >= 15 is 0 Å². The predicted octanol–water partition coefficient (Wildman–Crippen LogP) is 3.75. The van der Waals surface area contributed by atoms with Gasteiger partial charge >= 0.3 is 0 Å². The van der Waals surface area contributed by atoms with Crippen LogP contribution in [0.3, 0.4) is 0 Å². The first-order chi connectivity index (χ1) is 10.2. The zero-order chi connectivity index (χ0) is 14.7. The van der Waals surface area contributed by atoms with E-state index in [1.54, 1.807) is 11.8 Å². The fourth-order valence-electron chi connectivity index (χ4n) is 2.69. The summed E-state index contributed by atoms with van der Waals surface area (Å²) >= 11 is 1.64. The molecular formula is C18H19NOS. The van der Waals surface area contributed by atoms with E-state index in [2.05, 4.69) is 36.4 Å². The number of carbonyl (C=O) groups excluding carboxylic acids is 1. The van der Waals surface area contributed by atoms with Gasteiger partial charge in [0.25, 0.3) is 0 Å². The zero-order valence-electron chi connectivity index (χ0n) is 12.2. The highest BCUT2D eigenvalue weighted by Crippen LogP contribution is 2.26. The summed E-state index contributed by atoms with van der Waals surface area (Å²) < 4.78 is 0. The molecule has 1 aliphatic heterocycles. The number of hydrogen-bond donors (Lipinski definition) is 0. The number of nitrogens with zero attached hydrogens (tertiary/aromatic N) is 1. The summed E-state index contributed by atoms with van der Waals surface area (Å²) in [5.41, 5.74) is 2.67. The van der Waals surface area contributed by atoms with Gasteiger partial charge in [-0.25, -0.2) is 0 Å². The topological polar surface area (TPSA) is 20.3 Å². The van der Waals surface area contributed by atoms with Crippen LogP contribution >= 0.6 is 11.8 Å². The molecule has 1 amide bonds. The van der Waals surface area contributed by atoms with Gasteiger partial charge in [-0.2, -0.15) is 0 Å². The van der Waals surface area contributed by atoms with Gasteiger partial charge in [0.15, 0.2) is 0 Å². The summed E-state index contributed by atoms with van der Waals surface area (Å²) in [7, 11) is 0. The summed E-state index contributed by atoms with van der Waals surface area (Å²) in [4.78, 5) is 15.8. The lowest BCUT2D eigenvalue weighted by molar-refractivity contribution is -0.131. The third kappa shape index (κ3) is 3.30. The Morgan fingerprint density at radius 1 is 1.05 bits per heavy atom. The number of fused-ring (bicyclic) bond motifs is 1.